The second-order valence-corrected chi connectivity index (χ2v) is 3.78. The quantitative estimate of drug-likeness (QED) is 0.804. The van der Waals surface area contributed by atoms with E-state index in [1.165, 1.54) is 6.07 Å². The van der Waals surface area contributed by atoms with Gasteiger partial charge in [-0.15, -0.1) is 0 Å². The van der Waals surface area contributed by atoms with Crippen molar-refractivity contribution in [3.63, 3.8) is 0 Å². The highest BCUT2D eigenvalue weighted by molar-refractivity contribution is 5.82. The molecule has 0 spiro atoms. The number of para-hydroxylation sites is 1. The predicted octanol–water partition coefficient (Wildman–Crippen LogP) is 2.82. The summed E-state index contributed by atoms with van der Waals surface area (Å²) in [6.45, 7) is 4.65. The van der Waals surface area contributed by atoms with Gasteiger partial charge in [0.1, 0.15) is 5.82 Å². The Morgan fingerprint density at radius 2 is 2.20 bits per heavy atom. The summed E-state index contributed by atoms with van der Waals surface area (Å²) in [6, 6.07) is 7.02. The summed E-state index contributed by atoms with van der Waals surface area (Å²) in [4.78, 5) is 0. The second kappa shape index (κ2) is 3.66. The fourth-order valence-electron chi connectivity index (χ4n) is 2.02. The summed E-state index contributed by atoms with van der Waals surface area (Å²) >= 11 is 0. The van der Waals surface area contributed by atoms with E-state index in [0.29, 0.717) is 5.52 Å². The molecule has 0 radical (unpaired) electrons. The maximum Gasteiger partial charge on any atom is 0.147 e. The molecule has 1 atom stereocenters. The molecular weight excluding hydrogens is 191 g/mol. The molecule has 15 heavy (non-hydrogen) atoms. The van der Waals surface area contributed by atoms with Crippen LogP contribution in [0.1, 0.15) is 25.6 Å². The number of benzene rings is 1. The number of rotatable bonds is 2. The summed E-state index contributed by atoms with van der Waals surface area (Å²) in [7, 11) is 0. The van der Waals surface area contributed by atoms with E-state index in [2.05, 4.69) is 0 Å². The van der Waals surface area contributed by atoms with Crippen molar-refractivity contribution < 1.29 is 4.39 Å². The third-order valence-electron chi connectivity index (χ3n) is 2.69. The summed E-state index contributed by atoms with van der Waals surface area (Å²) in [5.41, 5.74) is 7.50. The molecule has 2 N–H and O–H groups in total. The fourth-order valence-corrected chi connectivity index (χ4v) is 2.02. The third-order valence-corrected chi connectivity index (χ3v) is 2.69. The monoisotopic (exact) mass is 206 g/mol. The van der Waals surface area contributed by atoms with Gasteiger partial charge in [-0.05, 0) is 26.0 Å². The van der Waals surface area contributed by atoms with Crippen molar-refractivity contribution in [2.24, 2.45) is 5.73 Å². The minimum Gasteiger partial charge on any atom is -0.341 e. The van der Waals surface area contributed by atoms with Gasteiger partial charge in [-0.3, -0.25) is 0 Å². The first-order valence-electron chi connectivity index (χ1n) is 5.18. The first-order valence-corrected chi connectivity index (χ1v) is 5.18. The molecule has 0 aliphatic carbocycles. The van der Waals surface area contributed by atoms with E-state index >= 15 is 0 Å². The number of aryl methyl sites for hydroxylation is 1. The molecule has 1 heterocycles. The Kier molecular flexibility index (Phi) is 2.49. The molecule has 2 rings (SSSR count). The number of halogens is 1. The predicted molar refractivity (Wildman–Crippen MR) is 60.2 cm³/mol. The van der Waals surface area contributed by atoms with Crippen molar-refractivity contribution >= 4 is 10.9 Å². The van der Waals surface area contributed by atoms with Gasteiger partial charge in [0.25, 0.3) is 0 Å². The number of nitrogens with zero attached hydrogens (tertiary/aromatic N) is 1. The van der Waals surface area contributed by atoms with Gasteiger partial charge in [-0.25, -0.2) is 4.39 Å². The lowest BCUT2D eigenvalue weighted by Gasteiger charge is -2.10. The van der Waals surface area contributed by atoms with E-state index in [1.54, 1.807) is 6.07 Å². The van der Waals surface area contributed by atoms with Crippen LogP contribution < -0.4 is 5.73 Å². The third kappa shape index (κ3) is 1.53. The standard InChI is InChI=1S/C12H15FN2/c1-3-15-11(8(2)14)7-9-5-4-6-10(13)12(9)15/h4-8H,3,14H2,1-2H3. The van der Waals surface area contributed by atoms with Gasteiger partial charge in [0.15, 0.2) is 0 Å². The van der Waals surface area contributed by atoms with Crippen molar-refractivity contribution in [1.82, 2.24) is 4.57 Å². The van der Waals surface area contributed by atoms with E-state index < -0.39 is 0 Å². The number of hydrogen-bond acceptors (Lipinski definition) is 1. The van der Waals surface area contributed by atoms with Crippen molar-refractivity contribution in [3.8, 4) is 0 Å². The fraction of sp³-hybridized carbons (Fsp3) is 0.333. The van der Waals surface area contributed by atoms with Crippen LogP contribution in [0.5, 0.6) is 0 Å². The Morgan fingerprint density at radius 3 is 2.80 bits per heavy atom. The van der Waals surface area contributed by atoms with Crippen molar-refractivity contribution in [3.05, 3.63) is 35.8 Å². The Hall–Kier alpha value is -1.35. The zero-order valence-corrected chi connectivity index (χ0v) is 9.00. The van der Waals surface area contributed by atoms with Gasteiger partial charge in [-0.1, -0.05) is 12.1 Å². The lowest BCUT2D eigenvalue weighted by atomic mass is 10.2. The molecule has 0 aliphatic heterocycles. The molecule has 0 fully saturated rings. The van der Waals surface area contributed by atoms with Gasteiger partial charge >= 0.3 is 0 Å². The van der Waals surface area contributed by atoms with Crippen LogP contribution in [0.15, 0.2) is 24.3 Å². The highest BCUT2D eigenvalue weighted by Crippen LogP contribution is 2.25. The van der Waals surface area contributed by atoms with Crippen LogP contribution in [-0.4, -0.2) is 4.57 Å². The summed E-state index contributed by atoms with van der Waals surface area (Å²) < 4.78 is 15.6. The average molecular weight is 206 g/mol. The Bertz CT molecular complexity index is 486. The highest BCUT2D eigenvalue weighted by Gasteiger charge is 2.13. The van der Waals surface area contributed by atoms with Crippen LogP contribution in [0, 0.1) is 5.82 Å². The number of nitrogens with two attached hydrogens (primary N) is 1. The number of aromatic nitrogens is 1. The van der Waals surface area contributed by atoms with Crippen LogP contribution in [0.3, 0.4) is 0 Å². The average Bonchev–Trinajstić information content (AvgIpc) is 2.57. The molecule has 0 bridgehead atoms. The maximum atomic E-state index is 13.6. The van der Waals surface area contributed by atoms with Gasteiger partial charge in [0, 0.05) is 23.7 Å². The molecule has 1 unspecified atom stereocenters. The van der Waals surface area contributed by atoms with Gasteiger partial charge in [0.05, 0.1) is 5.52 Å². The lowest BCUT2D eigenvalue weighted by Crippen LogP contribution is -2.11. The van der Waals surface area contributed by atoms with Gasteiger partial charge < -0.3 is 10.3 Å². The topological polar surface area (TPSA) is 30.9 Å². The molecule has 0 aliphatic rings. The van der Waals surface area contributed by atoms with Crippen LogP contribution >= 0.6 is 0 Å². The molecule has 0 amide bonds. The molecule has 0 saturated carbocycles. The van der Waals surface area contributed by atoms with E-state index in [1.807, 2.05) is 30.5 Å². The molecular formula is C12H15FN2. The second-order valence-electron chi connectivity index (χ2n) is 3.78. The molecule has 2 nitrogen and oxygen atoms in total. The first kappa shape index (κ1) is 10.2. The molecule has 2 aromatic rings. The molecule has 1 aromatic carbocycles. The van der Waals surface area contributed by atoms with Crippen LogP contribution in [0.2, 0.25) is 0 Å². The zero-order chi connectivity index (χ0) is 11.0. The minimum atomic E-state index is -0.179. The summed E-state index contributed by atoms with van der Waals surface area (Å²) in [5, 5.41) is 0.921. The Balaban J connectivity index is 2.80. The van der Waals surface area contributed by atoms with Gasteiger partial charge in [0.2, 0.25) is 0 Å². The van der Waals surface area contributed by atoms with Gasteiger partial charge in [-0.2, -0.15) is 0 Å². The molecule has 0 saturated heterocycles. The van der Waals surface area contributed by atoms with Crippen molar-refractivity contribution in [2.45, 2.75) is 26.4 Å². The Labute approximate surface area is 88.5 Å². The van der Waals surface area contributed by atoms with Crippen LogP contribution in [0.25, 0.3) is 10.9 Å². The molecule has 1 aromatic heterocycles. The first-order chi connectivity index (χ1) is 7.15. The molecule has 3 heteroatoms. The van der Waals surface area contributed by atoms with E-state index in [0.717, 1.165) is 17.6 Å². The summed E-state index contributed by atoms with van der Waals surface area (Å²) in [6.07, 6.45) is 0. The lowest BCUT2D eigenvalue weighted by molar-refractivity contribution is 0.614. The van der Waals surface area contributed by atoms with Crippen LogP contribution in [0.4, 0.5) is 4.39 Å². The smallest absolute Gasteiger partial charge is 0.147 e. The zero-order valence-electron chi connectivity index (χ0n) is 9.00. The maximum absolute atomic E-state index is 13.6. The minimum absolute atomic E-state index is 0.0725. The van der Waals surface area contributed by atoms with Crippen molar-refractivity contribution in [1.29, 1.82) is 0 Å². The number of hydrogen-bond donors (Lipinski definition) is 1. The van der Waals surface area contributed by atoms with E-state index in [4.69, 9.17) is 5.73 Å². The number of fused-ring (bicyclic) bond motifs is 1. The molecule has 80 valence electrons. The normalized spacial score (nSPS) is 13.3. The van der Waals surface area contributed by atoms with Crippen molar-refractivity contribution in [2.75, 3.05) is 0 Å². The summed E-state index contributed by atoms with van der Waals surface area (Å²) in [5.74, 6) is -0.179. The highest BCUT2D eigenvalue weighted by atomic mass is 19.1. The largest absolute Gasteiger partial charge is 0.341 e. The Morgan fingerprint density at radius 1 is 1.47 bits per heavy atom. The van der Waals surface area contributed by atoms with E-state index in [9.17, 15) is 4.39 Å². The van der Waals surface area contributed by atoms with Crippen LogP contribution in [-0.2, 0) is 6.54 Å². The SMILES string of the molecule is CCn1c(C(C)N)cc2cccc(F)c21. The van der Waals surface area contributed by atoms with E-state index in [-0.39, 0.29) is 11.9 Å².